The molecule has 132 valence electrons. The summed E-state index contributed by atoms with van der Waals surface area (Å²) in [4.78, 5) is 24.0. The molecule has 0 aromatic heterocycles. The summed E-state index contributed by atoms with van der Waals surface area (Å²) in [6, 6.07) is 18.2. The Bertz CT molecular complexity index is 674. The van der Waals surface area contributed by atoms with E-state index in [1.807, 2.05) is 36.4 Å². The van der Waals surface area contributed by atoms with Crippen LogP contribution in [0.5, 0.6) is 0 Å². The number of benzene rings is 2. The molecule has 0 aliphatic heterocycles. The van der Waals surface area contributed by atoms with Gasteiger partial charge in [0.15, 0.2) is 0 Å². The maximum absolute atomic E-state index is 12.0. The van der Waals surface area contributed by atoms with Gasteiger partial charge in [-0.05, 0) is 24.6 Å². The Morgan fingerprint density at radius 2 is 1.60 bits per heavy atom. The van der Waals surface area contributed by atoms with E-state index in [1.54, 1.807) is 31.2 Å². The second-order valence-corrected chi connectivity index (χ2v) is 6.09. The zero-order valence-corrected chi connectivity index (χ0v) is 14.3. The average molecular weight is 340 g/mol. The predicted octanol–water partition coefficient (Wildman–Crippen LogP) is 1.91. The van der Waals surface area contributed by atoms with E-state index < -0.39 is 6.10 Å². The maximum Gasteiger partial charge on any atom is 0.251 e. The van der Waals surface area contributed by atoms with E-state index in [9.17, 15) is 14.7 Å². The molecule has 2 rings (SSSR count). The lowest BCUT2D eigenvalue weighted by atomic mass is 10.1. The van der Waals surface area contributed by atoms with Crippen molar-refractivity contribution < 1.29 is 14.7 Å². The van der Waals surface area contributed by atoms with Crippen LogP contribution in [0.4, 0.5) is 0 Å². The number of nitrogens with one attached hydrogen (secondary N) is 2. The van der Waals surface area contributed by atoms with E-state index in [2.05, 4.69) is 10.6 Å². The van der Waals surface area contributed by atoms with E-state index in [-0.39, 0.29) is 30.8 Å². The highest BCUT2D eigenvalue weighted by Crippen LogP contribution is 2.03. The molecule has 2 unspecified atom stereocenters. The fraction of sp³-hybridized carbons (Fsp3) is 0.300. The van der Waals surface area contributed by atoms with Crippen LogP contribution in [0.15, 0.2) is 60.7 Å². The first kappa shape index (κ1) is 18.7. The molecule has 2 aromatic carbocycles. The molecule has 5 heteroatoms. The van der Waals surface area contributed by atoms with Crippen LogP contribution >= 0.6 is 0 Å². The molecule has 2 aromatic rings. The number of carbonyl (C=O) groups excluding carboxylic acids is 2. The number of carbonyl (C=O) groups is 2. The topological polar surface area (TPSA) is 78.4 Å². The Hall–Kier alpha value is -2.66. The molecule has 0 fully saturated rings. The highest BCUT2D eigenvalue weighted by molar-refractivity contribution is 5.94. The molecule has 0 saturated carbocycles. The quantitative estimate of drug-likeness (QED) is 0.687. The Kier molecular flexibility index (Phi) is 7.16. The minimum Gasteiger partial charge on any atom is -0.391 e. The standard InChI is InChI=1S/C20H24N2O3/c1-15(22-20(25)17-10-6-3-7-11-17)12-19(24)21-14-18(23)13-16-8-4-2-5-9-16/h2-11,15,18,23H,12-14H2,1H3,(H,21,24)(H,22,25). The molecule has 3 N–H and O–H groups in total. The Morgan fingerprint density at radius 3 is 2.24 bits per heavy atom. The molecule has 0 spiro atoms. The van der Waals surface area contributed by atoms with Crippen LogP contribution in [0.1, 0.15) is 29.3 Å². The molecule has 5 nitrogen and oxygen atoms in total. The maximum atomic E-state index is 12.0. The first-order chi connectivity index (χ1) is 12.0. The lowest BCUT2D eigenvalue weighted by Gasteiger charge is -2.15. The van der Waals surface area contributed by atoms with Gasteiger partial charge in [0, 0.05) is 31.0 Å². The Morgan fingerprint density at radius 1 is 1.00 bits per heavy atom. The van der Waals surface area contributed by atoms with Crippen LogP contribution < -0.4 is 10.6 Å². The molecule has 0 aliphatic carbocycles. The first-order valence-corrected chi connectivity index (χ1v) is 8.39. The van der Waals surface area contributed by atoms with Gasteiger partial charge in [0.2, 0.25) is 5.91 Å². The van der Waals surface area contributed by atoms with Gasteiger partial charge in [-0.2, -0.15) is 0 Å². The summed E-state index contributed by atoms with van der Waals surface area (Å²) in [5.74, 6) is -0.405. The predicted molar refractivity (Wildman–Crippen MR) is 97.1 cm³/mol. The van der Waals surface area contributed by atoms with Gasteiger partial charge in [0.1, 0.15) is 0 Å². The monoisotopic (exact) mass is 340 g/mol. The smallest absolute Gasteiger partial charge is 0.251 e. The number of aliphatic hydroxyl groups excluding tert-OH is 1. The average Bonchev–Trinajstić information content (AvgIpc) is 2.61. The summed E-state index contributed by atoms with van der Waals surface area (Å²) in [7, 11) is 0. The third kappa shape index (κ3) is 6.77. The number of rotatable bonds is 8. The lowest BCUT2D eigenvalue weighted by Crippen LogP contribution is -2.39. The number of aliphatic hydroxyl groups is 1. The van der Waals surface area contributed by atoms with Crippen molar-refractivity contribution in [3.63, 3.8) is 0 Å². The van der Waals surface area contributed by atoms with Crippen molar-refractivity contribution >= 4 is 11.8 Å². The van der Waals surface area contributed by atoms with Gasteiger partial charge in [-0.25, -0.2) is 0 Å². The van der Waals surface area contributed by atoms with Crippen molar-refractivity contribution in [2.75, 3.05) is 6.54 Å². The molecule has 2 amide bonds. The van der Waals surface area contributed by atoms with Crippen molar-refractivity contribution in [2.45, 2.75) is 31.9 Å². The summed E-state index contributed by atoms with van der Waals surface area (Å²) in [5, 5.41) is 15.5. The summed E-state index contributed by atoms with van der Waals surface area (Å²) in [6.07, 6.45) is 0.0125. The Balaban J connectivity index is 1.69. The normalized spacial score (nSPS) is 12.9. The highest BCUT2D eigenvalue weighted by Gasteiger charge is 2.14. The van der Waals surface area contributed by atoms with E-state index in [4.69, 9.17) is 0 Å². The lowest BCUT2D eigenvalue weighted by molar-refractivity contribution is -0.121. The van der Waals surface area contributed by atoms with Gasteiger partial charge in [0.25, 0.3) is 5.91 Å². The largest absolute Gasteiger partial charge is 0.391 e. The van der Waals surface area contributed by atoms with Crippen molar-refractivity contribution in [3.8, 4) is 0 Å². The van der Waals surface area contributed by atoms with Crippen LogP contribution in [0.2, 0.25) is 0 Å². The number of hydrogen-bond acceptors (Lipinski definition) is 3. The van der Waals surface area contributed by atoms with Crippen molar-refractivity contribution in [3.05, 3.63) is 71.8 Å². The van der Waals surface area contributed by atoms with Crippen LogP contribution in [0.3, 0.4) is 0 Å². The van der Waals surface area contributed by atoms with E-state index >= 15 is 0 Å². The van der Waals surface area contributed by atoms with Gasteiger partial charge in [-0.3, -0.25) is 9.59 Å². The van der Waals surface area contributed by atoms with Crippen LogP contribution in [0.25, 0.3) is 0 Å². The number of hydrogen-bond donors (Lipinski definition) is 3. The van der Waals surface area contributed by atoms with E-state index in [0.29, 0.717) is 12.0 Å². The molecule has 0 saturated heterocycles. The highest BCUT2D eigenvalue weighted by atomic mass is 16.3. The van der Waals surface area contributed by atoms with Crippen LogP contribution in [0, 0.1) is 0 Å². The summed E-state index contributed by atoms with van der Waals surface area (Å²) in [5.41, 5.74) is 1.58. The van der Waals surface area contributed by atoms with E-state index in [0.717, 1.165) is 5.56 Å². The molecular weight excluding hydrogens is 316 g/mol. The fourth-order valence-electron chi connectivity index (χ4n) is 2.49. The molecule has 2 atom stereocenters. The fourth-order valence-corrected chi connectivity index (χ4v) is 2.49. The molecule has 0 aliphatic rings. The van der Waals surface area contributed by atoms with Crippen LogP contribution in [-0.2, 0) is 11.2 Å². The second kappa shape index (κ2) is 9.59. The van der Waals surface area contributed by atoms with Crippen molar-refractivity contribution in [1.29, 1.82) is 0 Å². The van der Waals surface area contributed by atoms with Gasteiger partial charge >= 0.3 is 0 Å². The van der Waals surface area contributed by atoms with Crippen molar-refractivity contribution in [1.82, 2.24) is 10.6 Å². The number of amides is 2. The minimum atomic E-state index is -0.638. The van der Waals surface area contributed by atoms with E-state index in [1.165, 1.54) is 0 Å². The summed E-state index contributed by atoms with van der Waals surface area (Å²) < 4.78 is 0. The van der Waals surface area contributed by atoms with Gasteiger partial charge in [-0.15, -0.1) is 0 Å². The zero-order chi connectivity index (χ0) is 18.1. The Labute approximate surface area is 148 Å². The molecular formula is C20H24N2O3. The summed E-state index contributed by atoms with van der Waals surface area (Å²) >= 11 is 0. The molecule has 0 heterocycles. The third-order valence-electron chi connectivity index (χ3n) is 3.75. The minimum absolute atomic E-state index is 0.163. The summed E-state index contributed by atoms with van der Waals surface area (Å²) in [6.45, 7) is 1.97. The van der Waals surface area contributed by atoms with Gasteiger partial charge in [0.05, 0.1) is 6.10 Å². The first-order valence-electron chi connectivity index (χ1n) is 8.39. The van der Waals surface area contributed by atoms with Crippen LogP contribution in [-0.4, -0.2) is 35.6 Å². The SMILES string of the molecule is CC(CC(=O)NCC(O)Cc1ccccc1)NC(=O)c1ccccc1. The third-order valence-corrected chi connectivity index (χ3v) is 3.75. The second-order valence-electron chi connectivity index (χ2n) is 6.09. The molecule has 0 bridgehead atoms. The van der Waals surface area contributed by atoms with Crippen molar-refractivity contribution in [2.24, 2.45) is 0 Å². The zero-order valence-electron chi connectivity index (χ0n) is 14.3. The molecule has 0 radical (unpaired) electrons. The van der Waals surface area contributed by atoms with Gasteiger partial charge < -0.3 is 15.7 Å². The van der Waals surface area contributed by atoms with Gasteiger partial charge in [-0.1, -0.05) is 48.5 Å². The molecule has 25 heavy (non-hydrogen) atoms.